The van der Waals surface area contributed by atoms with E-state index in [1.54, 1.807) is 0 Å². The van der Waals surface area contributed by atoms with Gasteiger partial charge in [-0.2, -0.15) is 0 Å². The van der Waals surface area contributed by atoms with Gasteiger partial charge in [-0.15, -0.1) is 0 Å². The van der Waals surface area contributed by atoms with E-state index in [2.05, 4.69) is 44.3 Å². The Bertz CT molecular complexity index is 853. The van der Waals surface area contributed by atoms with Crippen LogP contribution < -0.4 is 10.2 Å². The van der Waals surface area contributed by atoms with Gasteiger partial charge in [0, 0.05) is 30.5 Å². The minimum Gasteiger partial charge on any atom is -0.366 e. The summed E-state index contributed by atoms with van der Waals surface area (Å²) in [5.74, 6) is 0.0592. The Morgan fingerprint density at radius 1 is 0.815 bits per heavy atom. The van der Waals surface area contributed by atoms with Gasteiger partial charge in [0.15, 0.2) is 0 Å². The highest BCUT2D eigenvalue weighted by atomic mass is 79.9. The topological polar surface area (TPSA) is 32.3 Å². The Kier molecular flexibility index (Phi) is 7.05. The Morgan fingerprint density at radius 2 is 1.41 bits per heavy atom. The van der Waals surface area contributed by atoms with E-state index >= 15 is 0 Å². The lowest BCUT2D eigenvalue weighted by atomic mass is 10.2. The van der Waals surface area contributed by atoms with Crippen LogP contribution in [0.4, 0.5) is 5.69 Å². The van der Waals surface area contributed by atoms with Crippen LogP contribution in [-0.2, 0) is 17.9 Å². The summed E-state index contributed by atoms with van der Waals surface area (Å²) in [6.07, 6.45) is 0.445. The highest BCUT2D eigenvalue weighted by Gasteiger charge is 2.12. The molecule has 3 aromatic rings. The number of benzene rings is 3. The number of amides is 1. The second-order valence-electron chi connectivity index (χ2n) is 6.37. The molecule has 0 bridgehead atoms. The Balaban J connectivity index is 1.62. The molecule has 0 saturated carbocycles. The number of hydrogen-bond donors (Lipinski definition) is 1. The van der Waals surface area contributed by atoms with Crippen LogP contribution in [0.1, 0.15) is 17.5 Å². The van der Waals surface area contributed by atoms with Crippen molar-refractivity contribution in [3.05, 3.63) is 101 Å². The first kappa shape index (κ1) is 19.2. The molecule has 0 heterocycles. The van der Waals surface area contributed by atoms with Gasteiger partial charge >= 0.3 is 0 Å². The van der Waals surface area contributed by atoms with Crippen molar-refractivity contribution in [2.24, 2.45) is 0 Å². The smallest absolute Gasteiger partial charge is 0.222 e. The highest BCUT2D eigenvalue weighted by molar-refractivity contribution is 9.10. The van der Waals surface area contributed by atoms with E-state index in [4.69, 9.17) is 0 Å². The molecule has 0 aromatic heterocycles. The van der Waals surface area contributed by atoms with Gasteiger partial charge in [-0.3, -0.25) is 4.79 Å². The first-order valence-corrected chi connectivity index (χ1v) is 9.86. The highest BCUT2D eigenvalue weighted by Crippen LogP contribution is 2.27. The van der Waals surface area contributed by atoms with Crippen LogP contribution in [0.2, 0.25) is 0 Å². The molecule has 3 aromatic carbocycles. The van der Waals surface area contributed by atoms with E-state index in [0.717, 1.165) is 22.3 Å². The molecule has 4 heteroatoms. The predicted octanol–water partition coefficient (Wildman–Crippen LogP) is 5.16. The minimum absolute atomic E-state index is 0.0592. The van der Waals surface area contributed by atoms with Gasteiger partial charge in [0.05, 0.1) is 5.69 Å². The molecule has 1 N–H and O–H groups in total. The number of para-hydroxylation sites is 1. The predicted molar refractivity (Wildman–Crippen MR) is 115 cm³/mol. The molecule has 0 fully saturated rings. The summed E-state index contributed by atoms with van der Waals surface area (Å²) in [6, 6.07) is 28.4. The molecular weight excluding hydrogens is 400 g/mol. The maximum Gasteiger partial charge on any atom is 0.222 e. The van der Waals surface area contributed by atoms with Gasteiger partial charge in [0.2, 0.25) is 5.91 Å². The van der Waals surface area contributed by atoms with Crippen molar-refractivity contribution in [1.29, 1.82) is 0 Å². The van der Waals surface area contributed by atoms with Crippen molar-refractivity contribution in [3.63, 3.8) is 0 Å². The van der Waals surface area contributed by atoms with Crippen LogP contribution >= 0.6 is 15.9 Å². The number of halogens is 1. The van der Waals surface area contributed by atoms with Crippen molar-refractivity contribution in [2.75, 3.05) is 11.4 Å². The lowest BCUT2D eigenvalue weighted by Gasteiger charge is -2.26. The quantitative estimate of drug-likeness (QED) is 0.543. The fraction of sp³-hybridized carbons (Fsp3) is 0.174. The summed E-state index contributed by atoms with van der Waals surface area (Å²) < 4.78 is 1.03. The van der Waals surface area contributed by atoms with E-state index in [1.807, 2.05) is 66.7 Å². The molecule has 1 amide bonds. The number of carbonyl (C=O) groups excluding carboxylic acids is 1. The SMILES string of the molecule is O=C(CCN(Cc1ccccc1)c1ccccc1Br)NCc1ccccc1. The number of rotatable bonds is 8. The Morgan fingerprint density at radius 3 is 2.07 bits per heavy atom. The maximum absolute atomic E-state index is 12.3. The maximum atomic E-state index is 12.3. The van der Waals surface area contributed by atoms with Crippen molar-refractivity contribution in [3.8, 4) is 0 Å². The van der Waals surface area contributed by atoms with Crippen molar-refractivity contribution >= 4 is 27.5 Å². The van der Waals surface area contributed by atoms with Crippen LogP contribution in [0.5, 0.6) is 0 Å². The Hall–Kier alpha value is -2.59. The zero-order chi connectivity index (χ0) is 18.9. The summed E-state index contributed by atoms with van der Waals surface area (Å²) in [6.45, 7) is 1.97. The normalized spacial score (nSPS) is 10.4. The molecule has 27 heavy (non-hydrogen) atoms. The van der Waals surface area contributed by atoms with Gasteiger partial charge < -0.3 is 10.2 Å². The average Bonchev–Trinajstić information content (AvgIpc) is 2.71. The van der Waals surface area contributed by atoms with Crippen molar-refractivity contribution in [2.45, 2.75) is 19.5 Å². The monoisotopic (exact) mass is 422 g/mol. The van der Waals surface area contributed by atoms with Crippen molar-refractivity contribution in [1.82, 2.24) is 5.32 Å². The van der Waals surface area contributed by atoms with E-state index < -0.39 is 0 Å². The second-order valence-corrected chi connectivity index (χ2v) is 7.23. The first-order chi connectivity index (χ1) is 13.2. The van der Waals surface area contributed by atoms with Gasteiger partial charge in [0.1, 0.15) is 0 Å². The van der Waals surface area contributed by atoms with E-state index in [-0.39, 0.29) is 5.91 Å². The third-order valence-electron chi connectivity index (χ3n) is 4.35. The van der Waals surface area contributed by atoms with Crippen LogP contribution in [0, 0.1) is 0 Å². The molecule has 3 nitrogen and oxygen atoms in total. The third kappa shape index (κ3) is 5.97. The third-order valence-corrected chi connectivity index (χ3v) is 5.02. The summed E-state index contributed by atoms with van der Waals surface area (Å²) in [5, 5.41) is 3.01. The summed E-state index contributed by atoms with van der Waals surface area (Å²) in [5.41, 5.74) is 3.42. The molecule has 0 unspecified atom stereocenters. The largest absolute Gasteiger partial charge is 0.366 e. The summed E-state index contributed by atoms with van der Waals surface area (Å²) in [7, 11) is 0. The van der Waals surface area contributed by atoms with E-state index in [1.165, 1.54) is 5.56 Å². The van der Waals surface area contributed by atoms with Crippen LogP contribution in [0.15, 0.2) is 89.4 Å². The number of anilines is 1. The van der Waals surface area contributed by atoms with Gasteiger partial charge in [-0.05, 0) is 39.2 Å². The zero-order valence-corrected chi connectivity index (χ0v) is 16.7. The molecular formula is C23H23BrN2O. The van der Waals surface area contributed by atoms with Gasteiger partial charge in [-0.1, -0.05) is 72.8 Å². The fourth-order valence-corrected chi connectivity index (χ4v) is 3.45. The Labute approximate surface area is 169 Å². The van der Waals surface area contributed by atoms with Gasteiger partial charge in [-0.25, -0.2) is 0 Å². The zero-order valence-electron chi connectivity index (χ0n) is 15.1. The number of nitrogens with one attached hydrogen (secondary N) is 1. The molecule has 0 atom stereocenters. The van der Waals surface area contributed by atoms with Crippen molar-refractivity contribution < 1.29 is 4.79 Å². The fourth-order valence-electron chi connectivity index (χ4n) is 2.92. The average molecular weight is 423 g/mol. The standard InChI is InChI=1S/C23H23BrN2O/c24-21-13-7-8-14-22(21)26(18-20-11-5-2-6-12-20)16-15-23(27)25-17-19-9-3-1-4-10-19/h1-14H,15-18H2,(H,25,27). The molecule has 138 valence electrons. The van der Waals surface area contributed by atoms with Crippen LogP contribution in [-0.4, -0.2) is 12.5 Å². The van der Waals surface area contributed by atoms with Gasteiger partial charge in [0.25, 0.3) is 0 Å². The number of carbonyl (C=O) groups is 1. The molecule has 0 spiro atoms. The number of hydrogen-bond acceptors (Lipinski definition) is 2. The summed E-state index contributed by atoms with van der Waals surface area (Å²) >= 11 is 3.64. The van der Waals surface area contributed by atoms with Crippen LogP contribution in [0.25, 0.3) is 0 Å². The molecule has 0 radical (unpaired) electrons. The lowest BCUT2D eigenvalue weighted by Crippen LogP contribution is -2.30. The van der Waals surface area contributed by atoms with E-state index in [0.29, 0.717) is 19.5 Å². The number of nitrogens with zero attached hydrogens (tertiary/aromatic N) is 1. The van der Waals surface area contributed by atoms with E-state index in [9.17, 15) is 4.79 Å². The second kappa shape index (κ2) is 9.93. The molecule has 0 aliphatic heterocycles. The molecule has 3 rings (SSSR count). The summed E-state index contributed by atoms with van der Waals surface area (Å²) in [4.78, 5) is 14.6. The molecule has 0 aliphatic rings. The minimum atomic E-state index is 0.0592. The molecule has 0 aliphatic carbocycles. The molecule has 0 saturated heterocycles. The first-order valence-electron chi connectivity index (χ1n) is 9.06. The lowest BCUT2D eigenvalue weighted by molar-refractivity contribution is -0.121. The van der Waals surface area contributed by atoms with Crippen LogP contribution in [0.3, 0.4) is 0 Å².